The summed E-state index contributed by atoms with van der Waals surface area (Å²) in [7, 11) is 3.91. The van der Waals surface area contributed by atoms with Gasteiger partial charge in [0.2, 0.25) is 10.3 Å². The van der Waals surface area contributed by atoms with Crippen molar-refractivity contribution in [1.82, 2.24) is 9.36 Å². The maximum atomic E-state index is 12.3. The van der Waals surface area contributed by atoms with E-state index >= 15 is 0 Å². The molecule has 0 saturated carbocycles. The van der Waals surface area contributed by atoms with Gasteiger partial charge in [0.1, 0.15) is 11.6 Å². The number of benzene rings is 1. The summed E-state index contributed by atoms with van der Waals surface area (Å²) in [6, 6.07) is 9.54. The van der Waals surface area contributed by atoms with Crippen molar-refractivity contribution in [3.05, 3.63) is 35.4 Å². The summed E-state index contributed by atoms with van der Waals surface area (Å²) in [5.41, 5.74) is 1.85. The number of thioether (sulfide) groups is 1. The van der Waals surface area contributed by atoms with Gasteiger partial charge in [-0.15, -0.1) is 0 Å². The van der Waals surface area contributed by atoms with Crippen molar-refractivity contribution in [2.45, 2.75) is 19.0 Å². The molecule has 0 aliphatic carbocycles. The molecule has 8 heteroatoms. The average Bonchev–Trinajstić information content (AvgIpc) is 3.05. The molecule has 2 aromatic rings. The lowest BCUT2D eigenvalue weighted by atomic mass is 10.1. The summed E-state index contributed by atoms with van der Waals surface area (Å²) in [5.74, 6) is 0.963. The Balaban J connectivity index is 2.05. The minimum atomic E-state index is -0.485. The predicted octanol–water partition coefficient (Wildman–Crippen LogP) is 3.90. The zero-order chi connectivity index (χ0) is 19.1. The van der Waals surface area contributed by atoms with Crippen LogP contribution in [0.15, 0.2) is 35.0 Å². The topological polar surface area (TPSA) is 81.9 Å². The quantitative estimate of drug-likeness (QED) is 0.441. The van der Waals surface area contributed by atoms with Crippen LogP contribution in [-0.4, -0.2) is 35.1 Å². The number of anilines is 2. The second-order valence-corrected chi connectivity index (χ2v) is 7.94. The SMILES string of the molecule is CC(C)CSc1nsc(NC(=O)/C(C#N)=C\c2ccc(N(C)C)cc2)n1. The summed E-state index contributed by atoms with van der Waals surface area (Å²) in [6.45, 7) is 4.24. The van der Waals surface area contributed by atoms with Gasteiger partial charge in [0.25, 0.3) is 5.91 Å². The van der Waals surface area contributed by atoms with E-state index in [2.05, 4.69) is 28.5 Å². The molecule has 0 bridgehead atoms. The fourth-order valence-electron chi connectivity index (χ4n) is 1.91. The Morgan fingerprint density at radius 1 is 1.38 bits per heavy atom. The van der Waals surface area contributed by atoms with E-state index in [0.717, 1.165) is 28.5 Å². The second-order valence-electron chi connectivity index (χ2n) is 6.20. The Morgan fingerprint density at radius 2 is 2.08 bits per heavy atom. The molecular formula is C18H21N5OS2. The van der Waals surface area contributed by atoms with Gasteiger partial charge in [0.15, 0.2) is 0 Å². The Kier molecular flexibility index (Phi) is 7.18. The van der Waals surface area contributed by atoms with Crippen LogP contribution in [0.1, 0.15) is 19.4 Å². The van der Waals surface area contributed by atoms with E-state index in [1.54, 1.807) is 17.8 Å². The van der Waals surface area contributed by atoms with E-state index in [1.807, 2.05) is 49.3 Å². The zero-order valence-corrected chi connectivity index (χ0v) is 16.8. The minimum absolute atomic E-state index is 0.0224. The molecular weight excluding hydrogens is 366 g/mol. The monoisotopic (exact) mass is 387 g/mol. The van der Waals surface area contributed by atoms with Gasteiger partial charge in [0, 0.05) is 37.1 Å². The lowest BCUT2D eigenvalue weighted by Crippen LogP contribution is -2.13. The third kappa shape index (κ3) is 5.86. The van der Waals surface area contributed by atoms with E-state index in [-0.39, 0.29) is 5.57 Å². The number of nitrogens with one attached hydrogen (secondary N) is 1. The number of amides is 1. The normalized spacial score (nSPS) is 11.3. The Hall–Kier alpha value is -2.37. The van der Waals surface area contributed by atoms with E-state index in [1.165, 1.54) is 0 Å². The molecule has 6 nitrogen and oxygen atoms in total. The van der Waals surface area contributed by atoms with E-state index in [0.29, 0.717) is 16.2 Å². The molecule has 26 heavy (non-hydrogen) atoms. The lowest BCUT2D eigenvalue weighted by Gasteiger charge is -2.11. The van der Waals surface area contributed by atoms with Gasteiger partial charge in [-0.2, -0.15) is 14.6 Å². The molecule has 0 aliphatic rings. The summed E-state index contributed by atoms with van der Waals surface area (Å²) in [4.78, 5) is 18.6. The van der Waals surface area contributed by atoms with E-state index in [4.69, 9.17) is 0 Å². The first-order chi connectivity index (χ1) is 12.4. The number of carbonyl (C=O) groups is 1. The summed E-state index contributed by atoms with van der Waals surface area (Å²) in [5, 5.41) is 13.0. The first kappa shape index (κ1) is 19.9. The van der Waals surface area contributed by atoms with Crippen molar-refractivity contribution in [1.29, 1.82) is 5.26 Å². The summed E-state index contributed by atoms with van der Waals surface area (Å²) < 4.78 is 4.21. The number of hydrogen-bond donors (Lipinski definition) is 1. The highest BCUT2D eigenvalue weighted by Gasteiger charge is 2.13. The van der Waals surface area contributed by atoms with Gasteiger partial charge in [-0.05, 0) is 29.7 Å². The fraction of sp³-hybridized carbons (Fsp3) is 0.333. The van der Waals surface area contributed by atoms with E-state index in [9.17, 15) is 10.1 Å². The molecule has 0 aliphatic heterocycles. The van der Waals surface area contributed by atoms with Crippen LogP contribution >= 0.6 is 23.3 Å². The van der Waals surface area contributed by atoms with Crippen molar-refractivity contribution >= 4 is 46.1 Å². The number of hydrogen-bond acceptors (Lipinski definition) is 7. The summed E-state index contributed by atoms with van der Waals surface area (Å²) in [6.07, 6.45) is 1.56. The van der Waals surface area contributed by atoms with Gasteiger partial charge in [-0.1, -0.05) is 37.7 Å². The minimum Gasteiger partial charge on any atom is -0.378 e. The average molecular weight is 388 g/mol. The van der Waals surface area contributed by atoms with Crippen LogP contribution in [0.4, 0.5) is 10.8 Å². The molecule has 0 radical (unpaired) electrons. The first-order valence-corrected chi connectivity index (χ1v) is 9.82. The highest BCUT2D eigenvalue weighted by atomic mass is 32.2. The highest BCUT2D eigenvalue weighted by Crippen LogP contribution is 2.22. The van der Waals surface area contributed by atoms with Crippen LogP contribution in [0.25, 0.3) is 6.08 Å². The van der Waals surface area contributed by atoms with Crippen molar-refractivity contribution in [3.63, 3.8) is 0 Å². The van der Waals surface area contributed by atoms with Gasteiger partial charge in [0.05, 0.1) is 0 Å². The Morgan fingerprint density at radius 3 is 2.65 bits per heavy atom. The highest BCUT2D eigenvalue weighted by molar-refractivity contribution is 7.99. The predicted molar refractivity (Wildman–Crippen MR) is 108 cm³/mol. The van der Waals surface area contributed by atoms with Crippen LogP contribution < -0.4 is 10.2 Å². The summed E-state index contributed by atoms with van der Waals surface area (Å²) >= 11 is 2.66. The lowest BCUT2D eigenvalue weighted by molar-refractivity contribution is -0.112. The van der Waals surface area contributed by atoms with Gasteiger partial charge in [-0.25, -0.2) is 0 Å². The Labute approximate surface area is 162 Å². The maximum absolute atomic E-state index is 12.3. The number of carbonyl (C=O) groups excluding carboxylic acids is 1. The van der Waals surface area contributed by atoms with Crippen molar-refractivity contribution in [2.24, 2.45) is 5.92 Å². The van der Waals surface area contributed by atoms with Gasteiger partial charge >= 0.3 is 0 Å². The molecule has 1 aromatic heterocycles. The van der Waals surface area contributed by atoms with Gasteiger partial charge < -0.3 is 4.90 Å². The molecule has 1 N–H and O–H groups in total. The molecule has 0 spiro atoms. The van der Waals surface area contributed by atoms with Crippen LogP contribution in [0.2, 0.25) is 0 Å². The third-order valence-electron chi connectivity index (χ3n) is 3.26. The van der Waals surface area contributed by atoms with E-state index < -0.39 is 5.91 Å². The largest absolute Gasteiger partial charge is 0.378 e. The van der Waals surface area contributed by atoms with Crippen molar-refractivity contribution < 1.29 is 4.79 Å². The molecule has 0 fully saturated rings. The van der Waals surface area contributed by atoms with Crippen molar-refractivity contribution in [2.75, 3.05) is 30.1 Å². The third-order valence-corrected chi connectivity index (χ3v) is 5.28. The molecule has 0 unspecified atom stereocenters. The molecule has 0 saturated heterocycles. The van der Waals surface area contributed by atoms with Gasteiger partial charge in [-0.3, -0.25) is 10.1 Å². The van der Waals surface area contributed by atoms with Crippen LogP contribution in [0.5, 0.6) is 0 Å². The van der Waals surface area contributed by atoms with Crippen LogP contribution in [-0.2, 0) is 4.79 Å². The number of aromatic nitrogens is 2. The standard InChI is InChI=1S/C18H21N5OS2/c1-12(2)11-25-18-21-17(26-22-18)20-16(24)14(10-19)9-13-5-7-15(8-6-13)23(3)4/h5-9,12H,11H2,1-4H3,(H,20,21,22,24)/b14-9-. The zero-order valence-electron chi connectivity index (χ0n) is 15.2. The first-order valence-electron chi connectivity index (χ1n) is 8.06. The number of rotatable bonds is 7. The molecule has 2 rings (SSSR count). The molecule has 1 amide bonds. The number of nitrogens with zero attached hydrogens (tertiary/aromatic N) is 4. The number of nitriles is 1. The van der Waals surface area contributed by atoms with Crippen molar-refractivity contribution in [3.8, 4) is 6.07 Å². The van der Waals surface area contributed by atoms with Crippen LogP contribution in [0, 0.1) is 17.2 Å². The molecule has 136 valence electrons. The fourth-order valence-corrected chi connectivity index (χ4v) is 3.40. The molecule has 1 heterocycles. The second kappa shape index (κ2) is 9.36. The maximum Gasteiger partial charge on any atom is 0.268 e. The molecule has 1 aromatic carbocycles. The molecule has 0 atom stereocenters. The smallest absolute Gasteiger partial charge is 0.268 e. The van der Waals surface area contributed by atoms with Crippen LogP contribution in [0.3, 0.4) is 0 Å². The Bertz CT molecular complexity index is 819.